The molecule has 1 aliphatic heterocycles. The van der Waals surface area contributed by atoms with Crippen molar-refractivity contribution >= 4 is 11.5 Å². The molecule has 1 saturated carbocycles. The molecule has 1 aromatic rings. The van der Waals surface area contributed by atoms with E-state index < -0.39 is 0 Å². The maximum absolute atomic E-state index is 11.3. The Bertz CT molecular complexity index is 471. The molecule has 1 aliphatic carbocycles. The van der Waals surface area contributed by atoms with E-state index in [2.05, 4.69) is 4.90 Å². The van der Waals surface area contributed by atoms with Crippen molar-refractivity contribution in [2.24, 2.45) is 11.8 Å². The number of hydrogen-bond donors (Lipinski definition) is 1. The van der Waals surface area contributed by atoms with Gasteiger partial charge in [-0.3, -0.25) is 4.79 Å². The van der Waals surface area contributed by atoms with Gasteiger partial charge in [-0.25, -0.2) is 0 Å². The zero-order chi connectivity index (χ0) is 12.7. The third-order valence-corrected chi connectivity index (χ3v) is 4.45. The summed E-state index contributed by atoms with van der Waals surface area (Å²) in [4.78, 5) is 13.6. The summed E-state index contributed by atoms with van der Waals surface area (Å²) in [7, 11) is 0. The third-order valence-electron chi connectivity index (χ3n) is 4.45. The van der Waals surface area contributed by atoms with Gasteiger partial charge in [-0.1, -0.05) is 6.42 Å². The average molecular weight is 245 g/mol. The fourth-order valence-electron chi connectivity index (χ4n) is 3.46. The van der Waals surface area contributed by atoms with Gasteiger partial charge in [-0.05, 0) is 43.7 Å². The Morgan fingerprint density at radius 3 is 2.50 bits per heavy atom. The van der Waals surface area contributed by atoms with Crippen LogP contribution >= 0.6 is 0 Å². The predicted octanol–water partition coefficient (Wildman–Crippen LogP) is 2.83. The van der Waals surface area contributed by atoms with Crippen molar-refractivity contribution in [1.82, 2.24) is 0 Å². The zero-order valence-electron chi connectivity index (χ0n) is 10.7. The van der Waals surface area contributed by atoms with E-state index in [1.165, 1.54) is 26.2 Å². The van der Waals surface area contributed by atoms with Crippen LogP contribution in [0.5, 0.6) is 5.75 Å². The average Bonchev–Trinajstić information content (AvgIpc) is 2.87. The number of ketones is 1. The molecule has 0 radical (unpaired) electrons. The van der Waals surface area contributed by atoms with Gasteiger partial charge in [-0.15, -0.1) is 0 Å². The maximum Gasteiger partial charge on any atom is 0.163 e. The third kappa shape index (κ3) is 1.88. The Balaban J connectivity index is 1.81. The van der Waals surface area contributed by atoms with Crippen molar-refractivity contribution in [3.63, 3.8) is 0 Å². The van der Waals surface area contributed by atoms with Gasteiger partial charge in [0.2, 0.25) is 0 Å². The summed E-state index contributed by atoms with van der Waals surface area (Å²) in [6.07, 6.45) is 4.06. The molecule has 0 spiro atoms. The van der Waals surface area contributed by atoms with E-state index in [0.717, 1.165) is 30.6 Å². The number of anilines is 1. The highest BCUT2D eigenvalue weighted by Crippen LogP contribution is 2.40. The molecule has 1 saturated heterocycles. The molecule has 3 rings (SSSR count). The molecule has 0 aromatic heterocycles. The molecule has 2 fully saturated rings. The van der Waals surface area contributed by atoms with Crippen LogP contribution < -0.4 is 4.90 Å². The molecule has 3 nitrogen and oxygen atoms in total. The van der Waals surface area contributed by atoms with Crippen LogP contribution in [-0.4, -0.2) is 24.0 Å². The Morgan fingerprint density at radius 2 is 1.94 bits per heavy atom. The molecule has 2 aliphatic rings. The van der Waals surface area contributed by atoms with Crippen molar-refractivity contribution < 1.29 is 9.90 Å². The molecule has 96 valence electrons. The second-order valence-electron chi connectivity index (χ2n) is 5.61. The Morgan fingerprint density at radius 1 is 1.28 bits per heavy atom. The first-order valence-electron chi connectivity index (χ1n) is 6.74. The Labute approximate surface area is 107 Å². The number of phenolic OH excluding ortho intramolecular Hbond substituents is 1. The number of carbonyl (C=O) groups excluding carboxylic acids is 1. The number of fused-ring (bicyclic) bond motifs is 1. The molecule has 0 amide bonds. The fraction of sp³-hybridized carbons (Fsp3) is 0.533. The van der Waals surface area contributed by atoms with Gasteiger partial charge in [0, 0.05) is 24.8 Å². The van der Waals surface area contributed by atoms with Crippen LogP contribution in [0.15, 0.2) is 18.2 Å². The minimum Gasteiger partial charge on any atom is -0.507 e. The highest BCUT2D eigenvalue weighted by molar-refractivity contribution is 5.97. The lowest BCUT2D eigenvalue weighted by Crippen LogP contribution is -2.20. The van der Waals surface area contributed by atoms with E-state index in [1.54, 1.807) is 12.1 Å². The molecule has 18 heavy (non-hydrogen) atoms. The standard InChI is InChI=1S/C15H19NO2/c1-10(17)14-6-5-13(7-15(14)18)16-8-11-3-2-4-12(11)9-16/h5-7,11-12,18H,2-4,8-9H2,1H3. The summed E-state index contributed by atoms with van der Waals surface area (Å²) in [6.45, 7) is 3.68. The topological polar surface area (TPSA) is 40.5 Å². The molecule has 1 aromatic carbocycles. The Hall–Kier alpha value is -1.51. The van der Waals surface area contributed by atoms with E-state index in [0.29, 0.717) is 5.56 Å². The van der Waals surface area contributed by atoms with Crippen molar-refractivity contribution in [1.29, 1.82) is 0 Å². The van der Waals surface area contributed by atoms with Crippen molar-refractivity contribution in [2.45, 2.75) is 26.2 Å². The number of rotatable bonds is 2. The van der Waals surface area contributed by atoms with E-state index >= 15 is 0 Å². The molecule has 3 heteroatoms. The molecular formula is C15H19NO2. The number of benzene rings is 1. The Kier molecular flexibility index (Phi) is 2.77. The van der Waals surface area contributed by atoms with Crippen LogP contribution in [0.3, 0.4) is 0 Å². The smallest absolute Gasteiger partial charge is 0.163 e. The number of phenols is 1. The highest BCUT2D eigenvalue weighted by atomic mass is 16.3. The number of Topliss-reactive ketones (excluding diaryl/α,β-unsaturated/α-hetero) is 1. The van der Waals surface area contributed by atoms with Gasteiger partial charge in [0.05, 0.1) is 5.56 Å². The second kappa shape index (κ2) is 4.30. The second-order valence-corrected chi connectivity index (χ2v) is 5.61. The van der Waals surface area contributed by atoms with Crippen LogP contribution in [0.1, 0.15) is 36.5 Å². The summed E-state index contributed by atoms with van der Waals surface area (Å²) in [5.74, 6) is 1.69. The van der Waals surface area contributed by atoms with Crippen LogP contribution in [0.25, 0.3) is 0 Å². The normalized spacial score (nSPS) is 26.4. The van der Waals surface area contributed by atoms with Gasteiger partial charge < -0.3 is 10.0 Å². The van der Waals surface area contributed by atoms with Crippen LogP contribution in [0, 0.1) is 11.8 Å². The zero-order valence-corrected chi connectivity index (χ0v) is 10.7. The molecule has 2 atom stereocenters. The minimum atomic E-state index is -0.0858. The van der Waals surface area contributed by atoms with E-state index in [9.17, 15) is 9.90 Å². The molecule has 1 N–H and O–H groups in total. The minimum absolute atomic E-state index is 0.0858. The summed E-state index contributed by atoms with van der Waals surface area (Å²) < 4.78 is 0. The molecule has 1 heterocycles. The number of hydrogen-bond acceptors (Lipinski definition) is 3. The van der Waals surface area contributed by atoms with Crippen LogP contribution in [-0.2, 0) is 0 Å². The monoisotopic (exact) mass is 245 g/mol. The van der Waals surface area contributed by atoms with Gasteiger partial charge in [0.15, 0.2) is 5.78 Å². The lowest BCUT2D eigenvalue weighted by molar-refractivity contribution is 0.101. The first-order valence-corrected chi connectivity index (χ1v) is 6.74. The number of aromatic hydroxyl groups is 1. The fourth-order valence-corrected chi connectivity index (χ4v) is 3.46. The van der Waals surface area contributed by atoms with E-state index in [1.807, 2.05) is 6.07 Å². The van der Waals surface area contributed by atoms with Crippen LogP contribution in [0.4, 0.5) is 5.69 Å². The number of carbonyl (C=O) groups is 1. The summed E-state index contributed by atoms with van der Waals surface area (Å²) in [5.41, 5.74) is 1.46. The lowest BCUT2D eigenvalue weighted by atomic mass is 10.0. The van der Waals surface area contributed by atoms with Crippen LogP contribution in [0.2, 0.25) is 0 Å². The van der Waals surface area contributed by atoms with E-state index in [-0.39, 0.29) is 11.5 Å². The maximum atomic E-state index is 11.3. The van der Waals surface area contributed by atoms with Crippen molar-refractivity contribution in [2.75, 3.05) is 18.0 Å². The quantitative estimate of drug-likeness (QED) is 0.814. The summed E-state index contributed by atoms with van der Waals surface area (Å²) in [6, 6.07) is 5.43. The molecular weight excluding hydrogens is 226 g/mol. The van der Waals surface area contributed by atoms with Gasteiger partial charge >= 0.3 is 0 Å². The first kappa shape index (κ1) is 11.6. The van der Waals surface area contributed by atoms with E-state index in [4.69, 9.17) is 0 Å². The molecule has 0 bridgehead atoms. The van der Waals surface area contributed by atoms with Gasteiger partial charge in [0.25, 0.3) is 0 Å². The lowest BCUT2D eigenvalue weighted by Gasteiger charge is -2.20. The SMILES string of the molecule is CC(=O)c1ccc(N2CC3CCCC3C2)cc1O. The first-order chi connectivity index (χ1) is 8.65. The highest BCUT2D eigenvalue weighted by Gasteiger charge is 2.36. The summed E-state index contributed by atoms with van der Waals surface area (Å²) >= 11 is 0. The predicted molar refractivity (Wildman–Crippen MR) is 71.2 cm³/mol. The largest absolute Gasteiger partial charge is 0.507 e. The summed E-state index contributed by atoms with van der Waals surface area (Å²) in [5, 5.41) is 9.88. The van der Waals surface area contributed by atoms with Crippen molar-refractivity contribution in [3.05, 3.63) is 23.8 Å². The van der Waals surface area contributed by atoms with Crippen molar-refractivity contribution in [3.8, 4) is 5.75 Å². The van der Waals surface area contributed by atoms with Gasteiger partial charge in [-0.2, -0.15) is 0 Å². The molecule has 2 unspecified atom stereocenters. The van der Waals surface area contributed by atoms with Gasteiger partial charge in [0.1, 0.15) is 5.75 Å². The number of nitrogens with zero attached hydrogens (tertiary/aromatic N) is 1.